The Balaban J connectivity index is 1.91. The summed E-state index contributed by atoms with van der Waals surface area (Å²) in [5.74, 6) is -2.68. The molecule has 0 aromatic heterocycles. The molecule has 0 aromatic rings. The van der Waals surface area contributed by atoms with E-state index in [9.17, 15) is 8.78 Å². The lowest BCUT2D eigenvalue weighted by Crippen LogP contribution is -2.67. The van der Waals surface area contributed by atoms with Gasteiger partial charge in [-0.1, -0.05) is 13.8 Å². The van der Waals surface area contributed by atoms with Crippen LogP contribution in [0.5, 0.6) is 0 Å². The van der Waals surface area contributed by atoms with Crippen molar-refractivity contribution in [1.29, 1.82) is 0 Å². The smallest absolute Gasteiger partial charge is 0.282 e. The molecular formula is C11H19F2NO2. The van der Waals surface area contributed by atoms with Gasteiger partial charge in [0, 0.05) is 24.0 Å². The van der Waals surface area contributed by atoms with Gasteiger partial charge < -0.3 is 15.2 Å². The highest BCUT2D eigenvalue weighted by Gasteiger charge is 2.59. The van der Waals surface area contributed by atoms with E-state index < -0.39 is 19.1 Å². The normalized spacial score (nSPS) is 36.9. The van der Waals surface area contributed by atoms with Gasteiger partial charge in [-0.25, -0.2) is 8.78 Å². The summed E-state index contributed by atoms with van der Waals surface area (Å²) in [4.78, 5) is 0. The molecule has 5 heteroatoms. The minimum absolute atomic E-state index is 0.0671. The van der Waals surface area contributed by atoms with Crippen LogP contribution in [0.2, 0.25) is 0 Å². The number of rotatable bonds is 4. The van der Waals surface area contributed by atoms with Gasteiger partial charge in [-0.2, -0.15) is 0 Å². The van der Waals surface area contributed by atoms with Crippen LogP contribution >= 0.6 is 0 Å². The van der Waals surface area contributed by atoms with Crippen molar-refractivity contribution < 1.29 is 18.6 Å². The summed E-state index contributed by atoms with van der Waals surface area (Å²) in [6, 6.07) is 0.0671. The predicted octanol–water partition coefficient (Wildman–Crippen LogP) is 1.02. The number of aliphatic hydroxyl groups is 1. The van der Waals surface area contributed by atoms with Crippen LogP contribution in [0.3, 0.4) is 0 Å². The van der Waals surface area contributed by atoms with E-state index in [1.807, 2.05) is 13.8 Å². The molecule has 2 aliphatic rings. The Morgan fingerprint density at radius 1 is 1.50 bits per heavy atom. The summed E-state index contributed by atoms with van der Waals surface area (Å²) in [6.45, 7) is 3.24. The van der Waals surface area contributed by atoms with E-state index in [-0.39, 0.29) is 17.6 Å². The van der Waals surface area contributed by atoms with Crippen LogP contribution in [-0.4, -0.2) is 42.9 Å². The van der Waals surface area contributed by atoms with Crippen molar-refractivity contribution in [2.24, 2.45) is 11.3 Å². The largest absolute Gasteiger partial charge is 0.390 e. The maximum atomic E-state index is 12.9. The van der Waals surface area contributed by atoms with Gasteiger partial charge in [0.15, 0.2) is 0 Å². The number of fused-ring (bicyclic) bond motifs is 1. The van der Waals surface area contributed by atoms with Crippen molar-refractivity contribution in [3.8, 4) is 0 Å². The third-order valence-corrected chi connectivity index (χ3v) is 3.91. The molecule has 2 fully saturated rings. The van der Waals surface area contributed by atoms with Gasteiger partial charge in [0.25, 0.3) is 5.92 Å². The van der Waals surface area contributed by atoms with Crippen LogP contribution in [0.4, 0.5) is 8.78 Å². The Labute approximate surface area is 94.2 Å². The molecule has 0 radical (unpaired) electrons. The molecule has 0 aromatic carbocycles. The lowest BCUT2D eigenvalue weighted by Gasteiger charge is -2.55. The first-order valence-electron chi connectivity index (χ1n) is 5.72. The van der Waals surface area contributed by atoms with Crippen molar-refractivity contribution in [3.63, 3.8) is 0 Å². The number of hydrogen-bond acceptors (Lipinski definition) is 3. The molecule has 1 aliphatic heterocycles. The highest BCUT2D eigenvalue weighted by atomic mass is 19.3. The monoisotopic (exact) mass is 235 g/mol. The summed E-state index contributed by atoms with van der Waals surface area (Å²) in [5, 5.41) is 11.4. The Hall–Kier alpha value is -0.260. The van der Waals surface area contributed by atoms with Crippen molar-refractivity contribution >= 4 is 0 Å². The summed E-state index contributed by atoms with van der Waals surface area (Å²) in [7, 11) is 0. The molecule has 2 rings (SSSR count). The average Bonchev–Trinajstić information content (AvgIpc) is 2.64. The van der Waals surface area contributed by atoms with Gasteiger partial charge in [-0.05, 0) is 6.42 Å². The molecule has 3 unspecified atom stereocenters. The number of halogens is 2. The van der Waals surface area contributed by atoms with Gasteiger partial charge >= 0.3 is 0 Å². The summed E-state index contributed by atoms with van der Waals surface area (Å²) >= 11 is 0. The zero-order valence-electron chi connectivity index (χ0n) is 9.67. The second-order valence-corrected chi connectivity index (χ2v) is 5.44. The van der Waals surface area contributed by atoms with E-state index in [0.717, 1.165) is 13.0 Å². The van der Waals surface area contributed by atoms with Crippen LogP contribution in [-0.2, 0) is 4.74 Å². The molecule has 1 saturated heterocycles. The van der Waals surface area contributed by atoms with E-state index in [1.54, 1.807) is 0 Å². The SMILES string of the molecule is CC1(C)C(NCC(F)(F)CO)C2CCOC21. The van der Waals surface area contributed by atoms with Crippen molar-refractivity contribution in [2.75, 3.05) is 19.8 Å². The molecule has 3 nitrogen and oxygen atoms in total. The standard InChI is InChI=1S/C11H19F2NO2/c1-10(2)8(7-3-4-16-9(7)10)14-5-11(12,13)6-15/h7-9,14-15H,3-6H2,1-2H3. The second-order valence-electron chi connectivity index (χ2n) is 5.44. The minimum Gasteiger partial charge on any atom is -0.390 e. The van der Waals surface area contributed by atoms with Crippen molar-refractivity contribution in [2.45, 2.75) is 38.3 Å². The Morgan fingerprint density at radius 2 is 2.19 bits per heavy atom. The first kappa shape index (κ1) is 12.2. The summed E-state index contributed by atoms with van der Waals surface area (Å²) in [6.07, 6.45) is 1.14. The van der Waals surface area contributed by atoms with E-state index in [0.29, 0.717) is 5.92 Å². The molecule has 0 bridgehead atoms. The molecule has 3 atom stereocenters. The van der Waals surface area contributed by atoms with Crippen LogP contribution in [0.1, 0.15) is 20.3 Å². The summed E-state index contributed by atoms with van der Waals surface area (Å²) in [5.41, 5.74) is -0.0906. The van der Waals surface area contributed by atoms with Gasteiger partial charge in [-0.3, -0.25) is 0 Å². The van der Waals surface area contributed by atoms with Gasteiger partial charge in [0.05, 0.1) is 12.6 Å². The fourth-order valence-corrected chi connectivity index (χ4v) is 3.05. The molecule has 2 N–H and O–H groups in total. The number of nitrogens with one attached hydrogen (secondary N) is 1. The molecule has 1 aliphatic carbocycles. The number of ether oxygens (including phenoxy) is 1. The van der Waals surface area contributed by atoms with Crippen LogP contribution in [0.15, 0.2) is 0 Å². The highest BCUT2D eigenvalue weighted by molar-refractivity contribution is 5.11. The van der Waals surface area contributed by atoms with E-state index >= 15 is 0 Å². The third-order valence-electron chi connectivity index (χ3n) is 3.91. The Bertz CT molecular complexity index is 271. The highest BCUT2D eigenvalue weighted by Crippen LogP contribution is 2.52. The lowest BCUT2D eigenvalue weighted by atomic mass is 9.57. The maximum absolute atomic E-state index is 12.9. The molecular weight excluding hydrogens is 216 g/mol. The number of alkyl halides is 2. The Morgan fingerprint density at radius 3 is 2.81 bits per heavy atom. The average molecular weight is 235 g/mol. The van der Waals surface area contributed by atoms with Gasteiger partial charge in [0.1, 0.15) is 6.61 Å². The zero-order valence-corrected chi connectivity index (χ0v) is 9.67. The van der Waals surface area contributed by atoms with E-state index in [2.05, 4.69) is 5.32 Å². The molecule has 1 saturated carbocycles. The van der Waals surface area contributed by atoms with Crippen LogP contribution in [0, 0.1) is 11.3 Å². The Kier molecular flexibility index (Phi) is 2.97. The van der Waals surface area contributed by atoms with Crippen molar-refractivity contribution in [1.82, 2.24) is 5.32 Å². The fraction of sp³-hybridized carbons (Fsp3) is 1.00. The van der Waals surface area contributed by atoms with Crippen LogP contribution < -0.4 is 5.32 Å². The first-order chi connectivity index (χ1) is 7.38. The second kappa shape index (κ2) is 3.89. The molecule has 1 heterocycles. The van der Waals surface area contributed by atoms with Gasteiger partial charge in [0.2, 0.25) is 0 Å². The summed E-state index contributed by atoms with van der Waals surface area (Å²) < 4.78 is 31.4. The molecule has 0 spiro atoms. The molecule has 94 valence electrons. The van der Waals surface area contributed by atoms with E-state index in [1.165, 1.54) is 0 Å². The first-order valence-corrected chi connectivity index (χ1v) is 5.72. The molecule has 16 heavy (non-hydrogen) atoms. The topological polar surface area (TPSA) is 41.5 Å². The third kappa shape index (κ3) is 1.85. The quantitative estimate of drug-likeness (QED) is 0.764. The number of aliphatic hydroxyl groups excluding tert-OH is 1. The van der Waals surface area contributed by atoms with E-state index in [4.69, 9.17) is 9.84 Å². The fourth-order valence-electron chi connectivity index (χ4n) is 3.05. The predicted molar refractivity (Wildman–Crippen MR) is 55.5 cm³/mol. The van der Waals surface area contributed by atoms with Gasteiger partial charge in [-0.15, -0.1) is 0 Å². The zero-order chi connectivity index (χ0) is 12.0. The lowest BCUT2D eigenvalue weighted by molar-refractivity contribution is -0.123. The van der Waals surface area contributed by atoms with Crippen LogP contribution in [0.25, 0.3) is 0 Å². The number of hydrogen-bond donors (Lipinski definition) is 2. The minimum atomic E-state index is -3.03. The van der Waals surface area contributed by atoms with Crippen molar-refractivity contribution in [3.05, 3.63) is 0 Å². The molecule has 0 amide bonds. The maximum Gasteiger partial charge on any atom is 0.282 e.